The van der Waals surface area contributed by atoms with Crippen molar-refractivity contribution in [3.8, 4) is 11.5 Å². The van der Waals surface area contributed by atoms with E-state index >= 15 is 0 Å². The van der Waals surface area contributed by atoms with E-state index in [1.165, 1.54) is 90.9 Å². The molecule has 0 bridgehead atoms. The summed E-state index contributed by atoms with van der Waals surface area (Å²) in [4.78, 5) is 193. The van der Waals surface area contributed by atoms with Crippen molar-refractivity contribution in [2.75, 3.05) is 31.6 Å². The average molecular weight is 1380 g/mol. The maximum absolute atomic E-state index is 14.6. The molecule has 33 heteroatoms. The van der Waals surface area contributed by atoms with E-state index in [4.69, 9.17) is 0 Å². The third kappa shape index (κ3) is 23.9. The van der Waals surface area contributed by atoms with Crippen LogP contribution in [0.25, 0.3) is 0 Å². The van der Waals surface area contributed by atoms with Crippen molar-refractivity contribution < 1.29 is 97.8 Å². The standard InChI is InChI=1S/C64H92N12O20S/c1-7-33(2)51(60(91)72-46(64(95)96)32-38-16-20-40(79)21-17-38)73-53(84)34(3)66-55(86)42(22-24-49(80)81)68-57(88)44(26-30-97-6)69-58(89)45(31-37-14-18-39(78)19-15-37)71-56(87)43(23-25-50(82)83)70-59(90)47-12-9-28-75(47)63(94)48-13-10-29-76(48)62(93)35(4)67-61(92)52(36(5)77)74-54(85)41-11-8-27-65-41/h14-21,33-36,41-48,51-52,65,77-79H,7-13,22-32H2,1-6H3,(H,66,86)(H,67,92)(H,68,88)(H,69,89)(H,70,90)(H,71,87)(H,72,91)(H,73,84)(H,74,85)(H,80,81)(H,82,83)(H,95,96)/t33-,34-,35-,36+,41-,42-,43-,44-,45-,46-,47-,48-,51-,52-/m0/s1. The maximum atomic E-state index is 14.6. The monoisotopic (exact) mass is 1380 g/mol. The van der Waals surface area contributed by atoms with E-state index in [1.807, 2.05) is 0 Å². The van der Waals surface area contributed by atoms with Crippen LogP contribution >= 0.6 is 11.8 Å². The van der Waals surface area contributed by atoms with E-state index in [0.717, 1.165) is 6.42 Å². The zero-order chi connectivity index (χ0) is 71.8. The number of nitrogens with one attached hydrogen (secondary N) is 10. The Morgan fingerprint density at radius 3 is 1.51 bits per heavy atom. The van der Waals surface area contributed by atoms with Gasteiger partial charge in [-0.3, -0.25) is 62.3 Å². The van der Waals surface area contributed by atoms with Crippen LogP contribution in [0, 0.1) is 5.92 Å². The van der Waals surface area contributed by atoms with Gasteiger partial charge in [0.05, 0.1) is 12.1 Å². The van der Waals surface area contributed by atoms with E-state index in [0.29, 0.717) is 43.4 Å². The number of amides is 11. The van der Waals surface area contributed by atoms with E-state index in [1.54, 1.807) is 20.1 Å². The lowest BCUT2D eigenvalue weighted by Gasteiger charge is -2.33. The Labute approximate surface area is 565 Å². The van der Waals surface area contributed by atoms with Crippen LogP contribution in [0.2, 0.25) is 0 Å². The Hall–Kier alpha value is -9.11. The molecule has 2 aromatic rings. The lowest BCUT2D eigenvalue weighted by atomic mass is 9.97. The molecule has 534 valence electrons. The predicted molar refractivity (Wildman–Crippen MR) is 348 cm³/mol. The van der Waals surface area contributed by atoms with E-state index in [-0.39, 0.29) is 62.4 Å². The number of hydrogen-bond donors (Lipinski definition) is 16. The molecule has 0 saturated carbocycles. The van der Waals surface area contributed by atoms with Gasteiger partial charge in [0.15, 0.2) is 0 Å². The number of nitrogens with zero attached hydrogens (tertiary/aromatic N) is 2. The highest BCUT2D eigenvalue weighted by atomic mass is 32.2. The van der Waals surface area contributed by atoms with Gasteiger partial charge in [0, 0.05) is 38.8 Å². The van der Waals surface area contributed by atoms with Crippen molar-refractivity contribution in [3.05, 3.63) is 59.7 Å². The van der Waals surface area contributed by atoms with E-state index in [2.05, 4.69) is 53.2 Å². The number of carbonyl (C=O) groups is 14. The molecule has 32 nitrogen and oxygen atoms in total. The largest absolute Gasteiger partial charge is 0.508 e. The topological polar surface area (TPSA) is 487 Å². The molecular weight excluding hydrogens is 1290 g/mol. The molecular formula is C64H92N12O20S. The molecule has 14 atom stereocenters. The van der Waals surface area contributed by atoms with Crippen molar-refractivity contribution in [3.63, 3.8) is 0 Å². The summed E-state index contributed by atoms with van der Waals surface area (Å²) < 4.78 is 0. The van der Waals surface area contributed by atoms with Gasteiger partial charge in [0.2, 0.25) is 65.0 Å². The highest BCUT2D eigenvalue weighted by Crippen LogP contribution is 2.27. The van der Waals surface area contributed by atoms with Gasteiger partial charge in [-0.1, -0.05) is 44.5 Å². The molecule has 16 N–H and O–H groups in total. The summed E-state index contributed by atoms with van der Waals surface area (Å²) in [6, 6.07) is -5.15. The number of aliphatic hydroxyl groups is 1. The molecule has 0 aliphatic carbocycles. The quantitative estimate of drug-likeness (QED) is 0.0348. The number of rotatable bonds is 37. The number of carboxylic acids is 3. The molecule has 3 heterocycles. The smallest absolute Gasteiger partial charge is 0.326 e. The summed E-state index contributed by atoms with van der Waals surface area (Å²) in [6.07, 6.45) is -0.179. The fraction of sp³-hybridized carbons (Fsp3) is 0.594. The van der Waals surface area contributed by atoms with Crippen molar-refractivity contribution in [2.45, 2.75) is 203 Å². The Morgan fingerprint density at radius 1 is 0.515 bits per heavy atom. The van der Waals surface area contributed by atoms with Gasteiger partial charge in [-0.25, -0.2) is 4.79 Å². The second-order valence-corrected chi connectivity index (χ2v) is 25.6. The minimum absolute atomic E-state index is 0.0475. The molecule has 0 spiro atoms. The normalized spacial score (nSPS) is 19.3. The summed E-state index contributed by atoms with van der Waals surface area (Å²) in [6.45, 7) is 8.03. The van der Waals surface area contributed by atoms with Gasteiger partial charge in [-0.2, -0.15) is 11.8 Å². The number of benzene rings is 2. The van der Waals surface area contributed by atoms with Gasteiger partial charge in [0.25, 0.3) is 0 Å². The minimum atomic E-state index is -1.67. The number of aliphatic carboxylic acids is 3. The molecule has 3 fully saturated rings. The van der Waals surface area contributed by atoms with Crippen LogP contribution in [0.15, 0.2) is 48.5 Å². The fourth-order valence-corrected chi connectivity index (χ4v) is 11.9. The van der Waals surface area contributed by atoms with Crippen molar-refractivity contribution in [1.29, 1.82) is 0 Å². The molecule has 11 amide bonds. The van der Waals surface area contributed by atoms with Crippen LogP contribution in [0.1, 0.15) is 123 Å². The lowest BCUT2D eigenvalue weighted by Crippen LogP contribution is -2.61. The van der Waals surface area contributed by atoms with Crippen molar-refractivity contribution in [2.24, 2.45) is 5.92 Å². The number of aromatic hydroxyl groups is 2. The zero-order valence-electron chi connectivity index (χ0n) is 55.1. The van der Waals surface area contributed by atoms with Crippen LogP contribution in [0.5, 0.6) is 11.5 Å². The number of phenolic OH excluding ortho intramolecular Hbond substituents is 2. The van der Waals surface area contributed by atoms with Crippen LogP contribution < -0.4 is 53.2 Å². The fourth-order valence-electron chi connectivity index (χ4n) is 11.4. The molecule has 3 saturated heterocycles. The third-order valence-corrected chi connectivity index (χ3v) is 17.8. The third-order valence-electron chi connectivity index (χ3n) is 17.2. The molecule has 0 aromatic heterocycles. The molecule has 3 aliphatic heterocycles. The number of hydrogen-bond acceptors (Lipinski definition) is 19. The van der Waals surface area contributed by atoms with Crippen LogP contribution in [0.4, 0.5) is 0 Å². The van der Waals surface area contributed by atoms with Gasteiger partial charge < -0.3 is 93.6 Å². The first-order valence-corrected chi connectivity index (χ1v) is 33.8. The average Bonchev–Trinajstić information content (AvgIpc) is 1.65. The summed E-state index contributed by atoms with van der Waals surface area (Å²) in [7, 11) is 0. The summed E-state index contributed by atoms with van der Waals surface area (Å²) in [5.74, 6) is -14.1. The van der Waals surface area contributed by atoms with Crippen molar-refractivity contribution >= 4 is 94.6 Å². The SMILES string of the molecule is CC[C@H](C)[C@H](NC(=O)[C@H](C)NC(=O)[C@H](CCC(=O)O)NC(=O)[C@H](CCSC)NC(=O)[C@H](Cc1ccc(O)cc1)NC(=O)[C@H](CCC(=O)O)NC(=O)[C@@H]1CCCN1C(=O)[C@@H]1CCCN1C(=O)[C@H](C)NC(=O)[C@@H](NC(=O)[C@@H]1CCCN1)[C@@H](C)O)C(=O)N[C@@H](Cc1ccc(O)cc1)C(=O)O. The zero-order valence-corrected chi connectivity index (χ0v) is 55.9. The Bertz CT molecular complexity index is 3140. The lowest BCUT2D eigenvalue weighted by molar-refractivity contribution is -0.148. The Morgan fingerprint density at radius 2 is 0.990 bits per heavy atom. The van der Waals surface area contributed by atoms with Crippen LogP contribution in [-0.4, -0.2) is 234 Å². The van der Waals surface area contributed by atoms with Crippen LogP contribution in [-0.2, 0) is 80.0 Å². The highest BCUT2D eigenvalue weighted by Gasteiger charge is 2.45. The first kappa shape index (κ1) is 78.6. The molecule has 0 unspecified atom stereocenters. The number of likely N-dealkylation sites (tertiary alicyclic amines) is 2. The summed E-state index contributed by atoms with van der Waals surface area (Å²) >= 11 is 1.26. The number of carboxylic acid groups (broad SMARTS) is 3. The van der Waals surface area contributed by atoms with Gasteiger partial charge >= 0.3 is 17.9 Å². The maximum Gasteiger partial charge on any atom is 0.326 e. The summed E-state index contributed by atoms with van der Waals surface area (Å²) in [5.41, 5.74) is 0.824. The van der Waals surface area contributed by atoms with Gasteiger partial charge in [-0.05, 0) is 138 Å². The van der Waals surface area contributed by atoms with E-state index < -0.39 is 193 Å². The molecule has 0 radical (unpaired) electrons. The second kappa shape index (κ2) is 38.0. The molecule has 3 aliphatic rings. The van der Waals surface area contributed by atoms with E-state index in [9.17, 15) is 97.8 Å². The second-order valence-electron chi connectivity index (χ2n) is 24.6. The van der Waals surface area contributed by atoms with Gasteiger partial charge in [-0.15, -0.1) is 0 Å². The number of thioether (sulfide) groups is 1. The summed E-state index contributed by atoms with van der Waals surface area (Å²) in [5, 5.41) is 85.3. The van der Waals surface area contributed by atoms with Crippen molar-refractivity contribution in [1.82, 2.24) is 63.0 Å². The number of carbonyl (C=O) groups excluding carboxylic acids is 11. The molecule has 5 rings (SSSR count). The minimum Gasteiger partial charge on any atom is -0.508 e. The Kier molecular flexibility index (Phi) is 30.8. The highest BCUT2D eigenvalue weighted by molar-refractivity contribution is 7.98. The number of phenols is 2. The number of aliphatic hydroxyl groups excluding tert-OH is 1. The first-order valence-electron chi connectivity index (χ1n) is 32.4. The Balaban J connectivity index is 1.30. The molecule has 97 heavy (non-hydrogen) atoms. The van der Waals surface area contributed by atoms with Crippen LogP contribution in [0.3, 0.4) is 0 Å². The van der Waals surface area contributed by atoms with Gasteiger partial charge in [0.1, 0.15) is 78.0 Å². The first-order chi connectivity index (χ1) is 45.9. The predicted octanol–water partition coefficient (Wildman–Crippen LogP) is -1.99. The molecule has 2 aromatic carbocycles.